The molecule has 0 spiro atoms. The van der Waals surface area contributed by atoms with E-state index in [0.717, 1.165) is 11.1 Å². The molecule has 0 radical (unpaired) electrons. The van der Waals surface area contributed by atoms with Crippen LogP contribution < -0.4 is 34.8 Å². The molecule has 3 saturated heterocycles. The van der Waals surface area contributed by atoms with E-state index in [-0.39, 0.29) is 79.5 Å². The summed E-state index contributed by atoms with van der Waals surface area (Å²) >= 11 is 0. The van der Waals surface area contributed by atoms with Gasteiger partial charge in [-0.2, -0.15) is 8.42 Å². The van der Waals surface area contributed by atoms with Crippen LogP contribution in [0.4, 0.5) is 10.1 Å². The van der Waals surface area contributed by atoms with Crippen molar-refractivity contribution in [3.63, 3.8) is 0 Å². The van der Waals surface area contributed by atoms with E-state index in [4.69, 9.17) is 9.47 Å². The Morgan fingerprint density at radius 3 is 2.47 bits per heavy atom. The molecule has 8 rings (SSSR count). The number of fused-ring (bicyclic) bond motifs is 2. The Hall–Kier alpha value is -6.27. The van der Waals surface area contributed by atoms with Crippen molar-refractivity contribution in [2.75, 3.05) is 43.6 Å². The van der Waals surface area contributed by atoms with Crippen LogP contribution in [-0.2, 0) is 43.0 Å². The van der Waals surface area contributed by atoms with Gasteiger partial charge >= 0.3 is 15.9 Å². The number of imidazole rings is 1. The fraction of sp³-hybridized carbons (Fsp3) is 0.308. The lowest BCUT2D eigenvalue weighted by atomic mass is 9.91. The molecule has 1 atom stereocenters. The van der Waals surface area contributed by atoms with E-state index < -0.39 is 46.1 Å². The van der Waals surface area contributed by atoms with Gasteiger partial charge in [0.15, 0.2) is 5.82 Å². The van der Waals surface area contributed by atoms with Crippen LogP contribution in [0.3, 0.4) is 0 Å². The number of hydrogen-bond donors (Lipinski definition) is 3. The first kappa shape index (κ1) is 37.6. The number of anilines is 1. The van der Waals surface area contributed by atoms with Crippen LogP contribution in [0.25, 0.3) is 21.8 Å². The Labute approximate surface area is 325 Å². The average Bonchev–Trinajstić information content (AvgIpc) is 3.58. The minimum absolute atomic E-state index is 0.0313. The topological polar surface area (TPSA) is 190 Å². The largest absolute Gasteiger partial charge is 0.492 e. The number of aryl methyl sites for hydroxylation is 1. The molecule has 1 unspecified atom stereocenters. The number of carbonyl (C=O) groups excluding carboxylic acids is 4. The maximum atomic E-state index is 16.3. The molecule has 16 nitrogen and oxygen atoms in total. The Kier molecular flexibility index (Phi) is 9.91. The first-order valence-electron chi connectivity index (χ1n) is 18.3. The minimum Gasteiger partial charge on any atom is -0.492 e. The summed E-state index contributed by atoms with van der Waals surface area (Å²) in [4.78, 5) is 64.0. The Morgan fingerprint density at radius 1 is 0.947 bits per heavy atom. The van der Waals surface area contributed by atoms with Crippen LogP contribution in [0.1, 0.15) is 35.9 Å². The molecule has 18 heteroatoms. The molecule has 0 aliphatic carbocycles. The molecule has 4 amide bonds. The second-order valence-electron chi connectivity index (χ2n) is 14.2. The summed E-state index contributed by atoms with van der Waals surface area (Å²) < 4.78 is 59.0. The summed E-state index contributed by atoms with van der Waals surface area (Å²) in [7, 11) is -2.70. The second kappa shape index (κ2) is 15.0. The van der Waals surface area contributed by atoms with Gasteiger partial charge in [-0.05, 0) is 53.3 Å². The quantitative estimate of drug-likeness (QED) is 0.124. The Bertz CT molecular complexity index is 2620. The summed E-state index contributed by atoms with van der Waals surface area (Å²) in [6, 6.07) is 20.2. The predicted molar refractivity (Wildman–Crippen MR) is 205 cm³/mol. The zero-order valence-corrected chi connectivity index (χ0v) is 31.5. The van der Waals surface area contributed by atoms with E-state index in [0.29, 0.717) is 33.8 Å². The number of nitrogens with one attached hydrogen (secondary N) is 3. The molecule has 4 heterocycles. The van der Waals surface area contributed by atoms with Crippen molar-refractivity contribution >= 4 is 61.3 Å². The summed E-state index contributed by atoms with van der Waals surface area (Å²) in [5, 5.41) is 5.60. The monoisotopic (exact) mass is 799 g/mol. The molecule has 3 aliphatic heterocycles. The highest BCUT2D eigenvalue weighted by Crippen LogP contribution is 2.40. The first-order chi connectivity index (χ1) is 27.4. The summed E-state index contributed by atoms with van der Waals surface area (Å²) in [5.41, 5.74) is 2.34. The van der Waals surface area contributed by atoms with Gasteiger partial charge in [0.2, 0.25) is 17.7 Å². The fourth-order valence-electron chi connectivity index (χ4n) is 7.50. The lowest BCUT2D eigenvalue weighted by Crippen LogP contribution is -2.49. The number of rotatable bonds is 12. The van der Waals surface area contributed by atoms with Crippen molar-refractivity contribution < 1.29 is 41.5 Å². The van der Waals surface area contributed by atoms with Crippen molar-refractivity contribution in [1.82, 2.24) is 29.4 Å². The number of amides is 4. The molecule has 296 valence electrons. The van der Waals surface area contributed by atoms with Gasteiger partial charge in [0, 0.05) is 37.9 Å². The number of ether oxygens (including phenoxy) is 2. The van der Waals surface area contributed by atoms with Gasteiger partial charge in [0.1, 0.15) is 43.0 Å². The number of aromatic nitrogens is 2. The van der Waals surface area contributed by atoms with E-state index in [1.807, 2.05) is 58.2 Å². The normalized spacial score (nSPS) is 18.4. The number of hydrogen-bond acceptors (Lipinski definition) is 10. The molecule has 1 aromatic heterocycles. The van der Waals surface area contributed by atoms with E-state index in [9.17, 15) is 32.4 Å². The zero-order chi connectivity index (χ0) is 40.0. The molecule has 0 bridgehead atoms. The molecule has 0 saturated carbocycles. The third kappa shape index (κ3) is 7.40. The van der Waals surface area contributed by atoms with Gasteiger partial charge < -0.3 is 14.8 Å². The van der Waals surface area contributed by atoms with Crippen molar-refractivity contribution in [2.24, 2.45) is 7.05 Å². The molecule has 3 fully saturated rings. The van der Waals surface area contributed by atoms with Crippen molar-refractivity contribution in [1.29, 1.82) is 0 Å². The third-order valence-corrected chi connectivity index (χ3v) is 11.8. The average molecular weight is 800 g/mol. The van der Waals surface area contributed by atoms with Crippen molar-refractivity contribution in [3.05, 3.63) is 100 Å². The van der Waals surface area contributed by atoms with Crippen LogP contribution in [0.5, 0.6) is 11.5 Å². The van der Waals surface area contributed by atoms with Gasteiger partial charge in [-0.3, -0.25) is 38.5 Å². The number of imide groups is 1. The van der Waals surface area contributed by atoms with Gasteiger partial charge in [-0.25, -0.2) is 18.2 Å². The van der Waals surface area contributed by atoms with Crippen LogP contribution in [0, 0.1) is 5.82 Å². The van der Waals surface area contributed by atoms with E-state index >= 15 is 4.39 Å². The molecular formula is C39H38FN7O9S. The number of nitrogens with zero attached hydrogens (tertiary/aromatic N) is 4. The van der Waals surface area contributed by atoms with Crippen LogP contribution in [-0.4, -0.2) is 85.4 Å². The van der Waals surface area contributed by atoms with Gasteiger partial charge in [0.05, 0.1) is 24.1 Å². The Morgan fingerprint density at radius 2 is 1.74 bits per heavy atom. The molecule has 3 aliphatic rings. The number of halogens is 1. The standard InChI is InChI=1S/C39H38FN7O9S/c1-44-31-15-24(8-10-29(31)47(39(44)52)30-11-12-33(48)42-38(30)51)26-18-45(19-26)20-34(49)41-13-14-55-27-9-7-25-16-32(56-22-23-5-3-2-4-6-23)37(36(40)28(25)17-27)46-21-35(50)43-57(46,53)54/h2-10,15-17,26,30H,11-14,18-22H2,1H3,(H,41,49)(H,43,50)(H,42,48,51). The van der Waals surface area contributed by atoms with Crippen molar-refractivity contribution in [2.45, 2.75) is 31.4 Å². The fourth-order valence-corrected chi connectivity index (χ4v) is 8.66. The molecule has 57 heavy (non-hydrogen) atoms. The van der Waals surface area contributed by atoms with E-state index in [1.54, 1.807) is 19.2 Å². The molecular weight excluding hydrogens is 762 g/mol. The smallest absolute Gasteiger partial charge is 0.329 e. The lowest BCUT2D eigenvalue weighted by Gasteiger charge is -2.39. The summed E-state index contributed by atoms with van der Waals surface area (Å²) in [5.74, 6) is -2.38. The minimum atomic E-state index is -4.35. The number of likely N-dealkylation sites (tertiary alicyclic amines) is 1. The second-order valence-corrected chi connectivity index (χ2v) is 15.8. The molecule has 4 aromatic carbocycles. The summed E-state index contributed by atoms with van der Waals surface area (Å²) in [6.07, 6.45) is 0.419. The lowest BCUT2D eigenvalue weighted by molar-refractivity contribution is -0.135. The number of piperidine rings is 1. The van der Waals surface area contributed by atoms with Gasteiger partial charge in [-0.15, -0.1) is 0 Å². The molecule has 5 aromatic rings. The van der Waals surface area contributed by atoms with E-state index in [2.05, 4.69) is 10.6 Å². The highest BCUT2D eigenvalue weighted by molar-refractivity contribution is 7.92. The van der Waals surface area contributed by atoms with Gasteiger partial charge in [-0.1, -0.05) is 42.5 Å². The third-order valence-electron chi connectivity index (χ3n) is 10.4. The maximum absolute atomic E-state index is 16.3. The van der Waals surface area contributed by atoms with Crippen molar-refractivity contribution in [3.8, 4) is 11.5 Å². The summed E-state index contributed by atoms with van der Waals surface area (Å²) in [6.45, 7) is 1.09. The number of carbonyl (C=O) groups is 4. The van der Waals surface area contributed by atoms with Crippen LogP contribution >= 0.6 is 0 Å². The Balaban J connectivity index is 0.865. The van der Waals surface area contributed by atoms with E-state index in [1.165, 1.54) is 21.3 Å². The van der Waals surface area contributed by atoms with Crippen LogP contribution in [0.15, 0.2) is 77.6 Å². The first-order valence-corrected chi connectivity index (χ1v) is 19.7. The highest BCUT2D eigenvalue weighted by atomic mass is 32.2. The van der Waals surface area contributed by atoms with Gasteiger partial charge in [0.25, 0.3) is 5.91 Å². The predicted octanol–water partition coefficient (Wildman–Crippen LogP) is 1.96. The highest BCUT2D eigenvalue weighted by Gasteiger charge is 2.38. The zero-order valence-electron chi connectivity index (χ0n) is 30.7. The molecule has 3 N–H and O–H groups in total. The van der Waals surface area contributed by atoms with Crippen LogP contribution in [0.2, 0.25) is 0 Å². The number of benzene rings is 4. The SMILES string of the molecule is Cn1c(=O)n(C2CCC(=O)NC2=O)c2ccc(C3CN(CC(=O)NCCOc4ccc5cc(OCc6ccccc6)c(N6CC(=O)NS6(=O)=O)c(F)c5c4)C3)cc21. The maximum Gasteiger partial charge on any atom is 0.329 e.